The second-order valence-corrected chi connectivity index (χ2v) is 4.76. The summed E-state index contributed by atoms with van der Waals surface area (Å²) in [5.74, 6) is -0.842. The van der Waals surface area contributed by atoms with Gasteiger partial charge in [-0.1, -0.05) is 36.4 Å². The topological polar surface area (TPSA) is 55.1 Å². The molecule has 0 atom stereocenters. The van der Waals surface area contributed by atoms with Crippen molar-refractivity contribution in [2.45, 2.75) is 13.0 Å². The molecule has 1 heterocycles. The Bertz CT molecular complexity index is 768. The molecule has 3 aromatic rings. The van der Waals surface area contributed by atoms with Crippen LogP contribution in [-0.2, 0) is 17.8 Å². The van der Waals surface area contributed by atoms with E-state index in [0.29, 0.717) is 12.2 Å². The number of halogens is 1. The van der Waals surface area contributed by atoms with E-state index in [1.54, 1.807) is 12.5 Å². The van der Waals surface area contributed by atoms with Gasteiger partial charge in [0, 0.05) is 18.4 Å². The lowest BCUT2D eigenvalue weighted by atomic mass is 10.1. The third kappa shape index (κ3) is 3.41. The summed E-state index contributed by atoms with van der Waals surface area (Å²) in [6.45, 7) is 0.632. The first-order valence-corrected chi connectivity index (χ1v) is 6.41. The average molecular weight is 303 g/mol. The highest BCUT2D eigenvalue weighted by atomic mass is 35.5. The van der Waals surface area contributed by atoms with Gasteiger partial charge in [0.15, 0.2) is 0 Å². The Hall–Kier alpha value is -2.33. The summed E-state index contributed by atoms with van der Waals surface area (Å²) in [7, 11) is 0. The molecule has 0 radical (unpaired) electrons. The van der Waals surface area contributed by atoms with Gasteiger partial charge in [-0.2, -0.15) is 0 Å². The zero-order valence-corrected chi connectivity index (χ0v) is 12.1. The van der Waals surface area contributed by atoms with Crippen LogP contribution in [0.4, 0.5) is 0 Å². The first kappa shape index (κ1) is 15.1. The number of nitrogens with zero attached hydrogens (tertiary/aromatic N) is 2. The summed E-state index contributed by atoms with van der Waals surface area (Å²) in [5.41, 5.74) is 1.85. The Balaban J connectivity index is 0.00000161. The molecule has 0 aliphatic carbocycles. The smallest absolute Gasteiger partial charge is 0.309 e. The molecule has 0 saturated carbocycles. The number of hydrogen-bond acceptors (Lipinski definition) is 2. The number of carbonyl (C=O) groups is 1. The van der Waals surface area contributed by atoms with Crippen molar-refractivity contribution in [3.8, 4) is 0 Å². The van der Waals surface area contributed by atoms with Gasteiger partial charge in [-0.3, -0.25) is 4.79 Å². The summed E-state index contributed by atoms with van der Waals surface area (Å²) >= 11 is 0. The fourth-order valence-corrected chi connectivity index (χ4v) is 2.33. The van der Waals surface area contributed by atoms with Crippen LogP contribution in [0.5, 0.6) is 0 Å². The summed E-state index contributed by atoms with van der Waals surface area (Å²) in [5, 5.41) is 11.3. The maximum absolute atomic E-state index is 10.8. The molecule has 5 heteroatoms. The van der Waals surface area contributed by atoms with Crippen molar-refractivity contribution in [1.82, 2.24) is 9.55 Å². The maximum Gasteiger partial charge on any atom is 0.309 e. The molecule has 1 N–H and O–H groups in total. The zero-order valence-electron chi connectivity index (χ0n) is 11.3. The Morgan fingerprint density at radius 1 is 1.14 bits per heavy atom. The Labute approximate surface area is 128 Å². The molecule has 0 aliphatic rings. The lowest BCUT2D eigenvalue weighted by molar-refractivity contribution is -0.136. The molecule has 0 unspecified atom stereocenters. The van der Waals surface area contributed by atoms with Gasteiger partial charge in [-0.15, -0.1) is 12.4 Å². The van der Waals surface area contributed by atoms with Gasteiger partial charge in [0.2, 0.25) is 0 Å². The molecule has 108 valence electrons. The van der Waals surface area contributed by atoms with Crippen LogP contribution >= 0.6 is 12.4 Å². The predicted octanol–water partition coefficient (Wildman–Crippen LogP) is 3.13. The number of aromatic nitrogens is 2. The fraction of sp³-hybridized carbons (Fsp3) is 0.125. The Kier molecular flexibility index (Phi) is 4.60. The molecule has 0 spiro atoms. The Morgan fingerprint density at radius 3 is 2.67 bits per heavy atom. The zero-order chi connectivity index (χ0) is 13.9. The number of aliphatic carboxylic acids is 1. The Morgan fingerprint density at radius 2 is 1.90 bits per heavy atom. The number of benzene rings is 2. The summed E-state index contributed by atoms with van der Waals surface area (Å²) in [6.07, 6.45) is 3.27. The third-order valence-corrected chi connectivity index (χ3v) is 3.30. The lowest BCUT2D eigenvalue weighted by Gasteiger charge is -2.08. The van der Waals surface area contributed by atoms with E-state index in [9.17, 15) is 4.79 Å². The van der Waals surface area contributed by atoms with E-state index in [0.717, 1.165) is 5.56 Å². The number of imidazole rings is 1. The molecule has 0 fully saturated rings. The van der Waals surface area contributed by atoms with Gasteiger partial charge in [0.05, 0.1) is 12.7 Å². The number of carboxylic acid groups (broad SMARTS) is 1. The standard InChI is InChI=1S/C16H14N2O2.ClH/c19-16(20)8-15-9-17-11-18(15)10-12-5-6-13-3-1-2-4-14(13)7-12;/h1-7,9,11H,8,10H2,(H,19,20);1H. The number of fused-ring (bicyclic) bond motifs is 1. The first-order valence-electron chi connectivity index (χ1n) is 6.41. The van der Waals surface area contributed by atoms with Gasteiger partial charge in [0.25, 0.3) is 0 Å². The quantitative estimate of drug-likeness (QED) is 0.805. The third-order valence-electron chi connectivity index (χ3n) is 3.30. The van der Waals surface area contributed by atoms with E-state index in [-0.39, 0.29) is 18.8 Å². The largest absolute Gasteiger partial charge is 0.481 e. The highest BCUT2D eigenvalue weighted by molar-refractivity contribution is 5.85. The molecule has 2 aromatic carbocycles. The van der Waals surface area contributed by atoms with Crippen molar-refractivity contribution >= 4 is 29.1 Å². The number of carboxylic acids is 1. The fourth-order valence-electron chi connectivity index (χ4n) is 2.33. The molecule has 1 aromatic heterocycles. The van der Waals surface area contributed by atoms with Crippen LogP contribution in [0.25, 0.3) is 10.8 Å². The van der Waals surface area contributed by atoms with E-state index in [2.05, 4.69) is 35.3 Å². The minimum absolute atomic E-state index is 0. The summed E-state index contributed by atoms with van der Waals surface area (Å²) in [4.78, 5) is 14.8. The van der Waals surface area contributed by atoms with Crippen LogP contribution in [-0.4, -0.2) is 20.6 Å². The molecule has 4 nitrogen and oxygen atoms in total. The molecule has 0 bridgehead atoms. The van der Waals surface area contributed by atoms with Crippen LogP contribution in [0, 0.1) is 0 Å². The summed E-state index contributed by atoms with van der Waals surface area (Å²) < 4.78 is 1.87. The SMILES string of the molecule is Cl.O=C(O)Cc1cncn1Cc1ccc2ccccc2c1. The van der Waals surface area contributed by atoms with E-state index in [1.807, 2.05) is 16.7 Å². The van der Waals surface area contributed by atoms with Crippen LogP contribution < -0.4 is 0 Å². The van der Waals surface area contributed by atoms with Gasteiger partial charge in [0.1, 0.15) is 0 Å². The predicted molar refractivity (Wildman–Crippen MR) is 83.9 cm³/mol. The van der Waals surface area contributed by atoms with Gasteiger partial charge >= 0.3 is 5.97 Å². The van der Waals surface area contributed by atoms with Crippen LogP contribution in [0.2, 0.25) is 0 Å². The van der Waals surface area contributed by atoms with Crippen molar-refractivity contribution in [2.75, 3.05) is 0 Å². The molecule has 0 saturated heterocycles. The van der Waals surface area contributed by atoms with Crippen molar-refractivity contribution in [2.24, 2.45) is 0 Å². The molecule has 0 amide bonds. The van der Waals surface area contributed by atoms with Crippen LogP contribution in [0.15, 0.2) is 55.0 Å². The van der Waals surface area contributed by atoms with E-state index in [1.165, 1.54) is 10.8 Å². The molecule has 3 rings (SSSR count). The minimum atomic E-state index is -0.842. The summed E-state index contributed by atoms with van der Waals surface area (Å²) in [6, 6.07) is 14.4. The van der Waals surface area contributed by atoms with Crippen molar-refractivity contribution in [3.05, 3.63) is 66.2 Å². The van der Waals surface area contributed by atoms with Gasteiger partial charge < -0.3 is 9.67 Å². The van der Waals surface area contributed by atoms with E-state index >= 15 is 0 Å². The van der Waals surface area contributed by atoms with Crippen molar-refractivity contribution in [3.63, 3.8) is 0 Å². The van der Waals surface area contributed by atoms with Crippen LogP contribution in [0.3, 0.4) is 0 Å². The number of hydrogen-bond donors (Lipinski definition) is 1. The number of rotatable bonds is 4. The molecule has 0 aliphatic heterocycles. The first-order chi connectivity index (χ1) is 9.72. The normalized spacial score (nSPS) is 10.3. The van der Waals surface area contributed by atoms with E-state index < -0.39 is 5.97 Å². The van der Waals surface area contributed by atoms with Gasteiger partial charge in [-0.05, 0) is 22.4 Å². The van der Waals surface area contributed by atoms with E-state index in [4.69, 9.17) is 5.11 Å². The lowest BCUT2D eigenvalue weighted by Crippen LogP contribution is -2.08. The molecular weight excluding hydrogens is 288 g/mol. The van der Waals surface area contributed by atoms with Crippen molar-refractivity contribution in [1.29, 1.82) is 0 Å². The second kappa shape index (κ2) is 6.41. The van der Waals surface area contributed by atoms with Gasteiger partial charge in [-0.25, -0.2) is 4.98 Å². The van der Waals surface area contributed by atoms with Crippen molar-refractivity contribution < 1.29 is 9.90 Å². The highest BCUT2D eigenvalue weighted by Gasteiger charge is 2.07. The second-order valence-electron chi connectivity index (χ2n) is 4.76. The molecule has 21 heavy (non-hydrogen) atoms. The van der Waals surface area contributed by atoms with Crippen LogP contribution in [0.1, 0.15) is 11.3 Å². The highest BCUT2D eigenvalue weighted by Crippen LogP contribution is 2.17. The average Bonchev–Trinajstić information content (AvgIpc) is 2.85. The minimum Gasteiger partial charge on any atom is -0.481 e. The monoisotopic (exact) mass is 302 g/mol. The maximum atomic E-state index is 10.8. The molecular formula is C16H15ClN2O2.